The van der Waals surface area contributed by atoms with Gasteiger partial charge in [0.15, 0.2) is 5.82 Å². The van der Waals surface area contributed by atoms with Crippen molar-refractivity contribution in [3.8, 4) is 17.1 Å². The highest BCUT2D eigenvalue weighted by atomic mass is 32.2. The van der Waals surface area contributed by atoms with Crippen LogP contribution < -0.4 is 14.2 Å². The van der Waals surface area contributed by atoms with Gasteiger partial charge in [-0.15, -0.1) is 0 Å². The molecule has 13 heteroatoms. The number of fused-ring (bicyclic) bond motifs is 1. The molecule has 0 bridgehead atoms. The third kappa shape index (κ3) is 4.44. The third-order valence-electron chi connectivity index (χ3n) is 5.68. The summed E-state index contributed by atoms with van der Waals surface area (Å²) in [4.78, 5) is 28.7. The Morgan fingerprint density at radius 3 is 2.34 bits per heavy atom. The van der Waals surface area contributed by atoms with E-state index in [1.54, 1.807) is 12.1 Å². The van der Waals surface area contributed by atoms with Crippen LogP contribution in [0.1, 0.15) is 15.9 Å². The molecule has 0 saturated heterocycles. The Labute approximate surface area is 214 Å². The van der Waals surface area contributed by atoms with Gasteiger partial charge in [-0.1, -0.05) is 18.2 Å². The maximum absolute atomic E-state index is 15.8. The van der Waals surface area contributed by atoms with Gasteiger partial charge in [0, 0.05) is 46.9 Å². The van der Waals surface area contributed by atoms with E-state index in [9.17, 15) is 17.6 Å². The molecular weight excluding hydrogens is 518 g/mol. The van der Waals surface area contributed by atoms with Crippen LogP contribution in [0.3, 0.4) is 0 Å². The zero-order valence-electron chi connectivity index (χ0n) is 19.6. The number of anilines is 2. The molecule has 5 rings (SSSR count). The molecule has 0 atom stereocenters. The number of nitrogens with one attached hydrogen (secondary N) is 1. The fourth-order valence-corrected chi connectivity index (χ4v) is 4.78. The quantitative estimate of drug-likeness (QED) is 0.300. The first kappa shape index (κ1) is 24.9. The van der Waals surface area contributed by atoms with Gasteiger partial charge in [-0.2, -0.15) is 8.42 Å². The van der Waals surface area contributed by atoms with Gasteiger partial charge in [-0.3, -0.25) is 4.79 Å². The van der Waals surface area contributed by atoms with Crippen molar-refractivity contribution < 1.29 is 26.7 Å². The zero-order valence-corrected chi connectivity index (χ0v) is 20.4. The van der Waals surface area contributed by atoms with Gasteiger partial charge < -0.3 is 9.72 Å². The van der Waals surface area contributed by atoms with E-state index in [1.165, 1.54) is 56.2 Å². The third-order valence-corrected chi connectivity index (χ3v) is 6.60. The summed E-state index contributed by atoms with van der Waals surface area (Å²) in [5, 5.41) is 5.63. The van der Waals surface area contributed by atoms with Crippen molar-refractivity contribution in [3.05, 3.63) is 96.1 Å². The van der Waals surface area contributed by atoms with Crippen LogP contribution in [0.4, 0.5) is 20.2 Å². The SMILES string of the molecule is COc1ncc(-c2cnc3[nH]cc(C(=O)c4c(F)ccc(N(c5ccccc5)S(N)(=O)=O)c4F)c3c2)cn1. The number of ketones is 1. The first-order valence-electron chi connectivity index (χ1n) is 10.9. The molecule has 0 unspecified atom stereocenters. The van der Waals surface area contributed by atoms with E-state index in [-0.39, 0.29) is 22.6 Å². The summed E-state index contributed by atoms with van der Waals surface area (Å²) in [5.41, 5.74) is -0.261. The number of aromatic amines is 1. The molecule has 0 saturated carbocycles. The summed E-state index contributed by atoms with van der Waals surface area (Å²) in [7, 11) is -3.13. The fraction of sp³-hybridized carbons (Fsp3) is 0.0400. The Balaban J connectivity index is 1.62. The number of ether oxygens (including phenoxy) is 1. The molecule has 38 heavy (non-hydrogen) atoms. The summed E-state index contributed by atoms with van der Waals surface area (Å²) < 4.78 is 61.0. The number of hydrogen-bond donors (Lipinski definition) is 2. The number of rotatable bonds is 7. The summed E-state index contributed by atoms with van der Waals surface area (Å²) in [6.07, 6.45) is 5.78. The van der Waals surface area contributed by atoms with Crippen molar-refractivity contribution in [2.75, 3.05) is 11.4 Å². The van der Waals surface area contributed by atoms with Crippen LogP contribution in [0.2, 0.25) is 0 Å². The highest BCUT2D eigenvalue weighted by Gasteiger charge is 2.30. The molecule has 0 radical (unpaired) electrons. The lowest BCUT2D eigenvalue weighted by molar-refractivity contribution is 0.103. The van der Waals surface area contributed by atoms with Crippen molar-refractivity contribution in [1.82, 2.24) is 19.9 Å². The number of nitrogens with zero attached hydrogens (tertiary/aromatic N) is 4. The molecule has 0 aliphatic heterocycles. The maximum atomic E-state index is 15.8. The maximum Gasteiger partial charge on any atom is 0.316 e. The van der Waals surface area contributed by atoms with Crippen molar-refractivity contribution in [2.45, 2.75) is 0 Å². The average molecular weight is 537 g/mol. The lowest BCUT2D eigenvalue weighted by atomic mass is 10.00. The minimum absolute atomic E-state index is 0.00144. The van der Waals surface area contributed by atoms with Crippen LogP contribution in [0, 0.1) is 11.6 Å². The number of benzene rings is 2. The molecule has 3 heterocycles. The summed E-state index contributed by atoms with van der Waals surface area (Å²) in [6.45, 7) is 0. The Hall–Kier alpha value is -4.75. The molecular formula is C25H18F2N6O4S. The number of para-hydroxylation sites is 1. The van der Waals surface area contributed by atoms with Gasteiger partial charge >= 0.3 is 16.2 Å². The molecule has 0 aliphatic rings. The van der Waals surface area contributed by atoms with Crippen molar-refractivity contribution >= 4 is 38.4 Å². The van der Waals surface area contributed by atoms with Crippen molar-refractivity contribution in [2.24, 2.45) is 5.14 Å². The number of aromatic nitrogens is 4. The molecule has 0 amide bonds. The van der Waals surface area contributed by atoms with Crippen LogP contribution in [0.15, 0.2) is 73.3 Å². The molecule has 0 spiro atoms. The van der Waals surface area contributed by atoms with E-state index in [0.717, 1.165) is 12.1 Å². The average Bonchev–Trinajstić information content (AvgIpc) is 3.33. The number of nitrogens with two attached hydrogens (primary N) is 1. The molecule has 10 nitrogen and oxygen atoms in total. The van der Waals surface area contributed by atoms with Gasteiger partial charge in [-0.05, 0) is 30.3 Å². The van der Waals surface area contributed by atoms with Crippen LogP contribution in [0.25, 0.3) is 22.2 Å². The zero-order chi connectivity index (χ0) is 27.0. The van der Waals surface area contributed by atoms with Crippen LogP contribution in [-0.2, 0) is 10.2 Å². The van der Waals surface area contributed by atoms with Gasteiger partial charge in [0.25, 0.3) is 0 Å². The molecule has 0 aliphatic carbocycles. The lowest BCUT2D eigenvalue weighted by Gasteiger charge is -2.23. The van der Waals surface area contributed by atoms with E-state index >= 15 is 4.39 Å². The number of methoxy groups -OCH3 is 1. The van der Waals surface area contributed by atoms with Gasteiger partial charge in [-0.25, -0.2) is 33.2 Å². The predicted octanol–water partition coefficient (Wildman–Crippen LogP) is 3.88. The topological polar surface area (TPSA) is 144 Å². The first-order chi connectivity index (χ1) is 18.2. The number of halogens is 2. The number of hydrogen-bond acceptors (Lipinski definition) is 7. The number of carbonyl (C=O) groups is 1. The van der Waals surface area contributed by atoms with Crippen LogP contribution >= 0.6 is 0 Å². The van der Waals surface area contributed by atoms with Crippen molar-refractivity contribution in [1.29, 1.82) is 0 Å². The second-order valence-corrected chi connectivity index (χ2v) is 9.41. The minimum Gasteiger partial charge on any atom is -0.467 e. The molecule has 0 fully saturated rings. The van der Waals surface area contributed by atoms with E-state index < -0.39 is 38.9 Å². The normalized spacial score (nSPS) is 11.5. The first-order valence-corrected chi connectivity index (χ1v) is 12.4. The van der Waals surface area contributed by atoms with Gasteiger partial charge in [0.2, 0.25) is 5.78 Å². The van der Waals surface area contributed by atoms with E-state index in [4.69, 9.17) is 9.88 Å². The molecule has 192 valence electrons. The largest absolute Gasteiger partial charge is 0.467 e. The lowest BCUT2D eigenvalue weighted by Crippen LogP contribution is -2.33. The summed E-state index contributed by atoms with van der Waals surface area (Å²) in [5.74, 6) is -3.60. The summed E-state index contributed by atoms with van der Waals surface area (Å²) >= 11 is 0. The smallest absolute Gasteiger partial charge is 0.316 e. The number of pyridine rings is 1. The number of carbonyl (C=O) groups excluding carboxylic acids is 1. The van der Waals surface area contributed by atoms with E-state index in [0.29, 0.717) is 21.1 Å². The molecule has 5 aromatic rings. The summed E-state index contributed by atoms with van der Waals surface area (Å²) in [6, 6.07) is 10.9. The van der Waals surface area contributed by atoms with E-state index in [2.05, 4.69) is 19.9 Å². The molecule has 3 N–H and O–H groups in total. The minimum atomic E-state index is -4.56. The Bertz CT molecular complexity index is 1780. The molecule has 2 aromatic carbocycles. The number of H-pyrrole nitrogens is 1. The Kier molecular flexibility index (Phi) is 6.30. The molecule has 3 aromatic heterocycles. The second-order valence-electron chi connectivity index (χ2n) is 8.01. The van der Waals surface area contributed by atoms with E-state index in [1.807, 2.05) is 0 Å². The predicted molar refractivity (Wildman–Crippen MR) is 135 cm³/mol. The monoisotopic (exact) mass is 536 g/mol. The highest BCUT2D eigenvalue weighted by molar-refractivity contribution is 7.90. The second kappa shape index (κ2) is 9.61. The van der Waals surface area contributed by atoms with Crippen LogP contribution in [0.5, 0.6) is 6.01 Å². The highest BCUT2D eigenvalue weighted by Crippen LogP contribution is 2.34. The van der Waals surface area contributed by atoms with Gasteiger partial charge in [0.05, 0.1) is 24.0 Å². The Morgan fingerprint density at radius 1 is 1.00 bits per heavy atom. The fourth-order valence-electron chi connectivity index (χ4n) is 3.95. The Morgan fingerprint density at radius 2 is 1.68 bits per heavy atom. The standard InChI is InChI=1S/C25H18F2N6O4S/c1-37-25-31-11-15(12-32-25)14-9-17-18(13-30-24(17)29-10-14)23(34)21-19(26)7-8-20(22(21)27)33(38(28,35)36)16-5-3-2-4-6-16/h2-13H,1H3,(H,29,30)(H2,28,35,36). The van der Waals surface area contributed by atoms with Gasteiger partial charge in [0.1, 0.15) is 11.5 Å². The van der Waals surface area contributed by atoms with Crippen LogP contribution in [-0.4, -0.2) is 41.2 Å². The van der Waals surface area contributed by atoms with Crippen molar-refractivity contribution in [3.63, 3.8) is 0 Å².